The molecule has 1 aromatic rings. The van der Waals surface area contributed by atoms with Crippen LogP contribution in [0.3, 0.4) is 0 Å². The highest BCUT2D eigenvalue weighted by molar-refractivity contribution is 6.22. The number of nitrogens with zero attached hydrogens (tertiary/aromatic N) is 2. The van der Waals surface area contributed by atoms with E-state index in [2.05, 4.69) is 16.9 Å². The van der Waals surface area contributed by atoms with Crippen molar-refractivity contribution >= 4 is 17.6 Å². The summed E-state index contributed by atoms with van der Waals surface area (Å²) in [5.41, 5.74) is 0.484. The molecule has 0 aliphatic heterocycles. The van der Waals surface area contributed by atoms with E-state index in [1.165, 1.54) is 4.90 Å². The van der Waals surface area contributed by atoms with E-state index >= 15 is 0 Å². The minimum Gasteiger partial charge on any atom is -0.315 e. The smallest absolute Gasteiger partial charge is 0.262 e. The van der Waals surface area contributed by atoms with E-state index in [1.807, 2.05) is 33.8 Å². The lowest BCUT2D eigenvalue weighted by molar-refractivity contribution is -0.127. The van der Waals surface area contributed by atoms with Gasteiger partial charge >= 0.3 is 0 Å². The summed E-state index contributed by atoms with van der Waals surface area (Å²) >= 11 is 0. The van der Waals surface area contributed by atoms with Crippen LogP contribution in [0.1, 0.15) is 27.7 Å². The van der Waals surface area contributed by atoms with Gasteiger partial charge < -0.3 is 10.2 Å². The number of anilines is 1. The van der Waals surface area contributed by atoms with Gasteiger partial charge in [0.15, 0.2) is 0 Å². The highest BCUT2D eigenvalue weighted by atomic mass is 16.2. The van der Waals surface area contributed by atoms with Gasteiger partial charge in [0.25, 0.3) is 11.8 Å². The summed E-state index contributed by atoms with van der Waals surface area (Å²) in [4.78, 5) is 30.0. The summed E-state index contributed by atoms with van der Waals surface area (Å²) in [6, 6.07) is 5.13. The molecule has 0 unspecified atom stereocenters. The van der Waals surface area contributed by atoms with Crippen LogP contribution in [0.25, 0.3) is 0 Å². The summed E-state index contributed by atoms with van der Waals surface area (Å²) < 4.78 is 0. The van der Waals surface area contributed by atoms with Crippen LogP contribution in [0.15, 0.2) is 48.3 Å². The maximum absolute atomic E-state index is 12.4. The van der Waals surface area contributed by atoms with Crippen LogP contribution < -0.4 is 5.32 Å². The molecule has 0 saturated carbocycles. The van der Waals surface area contributed by atoms with Crippen molar-refractivity contribution < 1.29 is 9.59 Å². The largest absolute Gasteiger partial charge is 0.315 e. The van der Waals surface area contributed by atoms with Crippen molar-refractivity contribution in [3.8, 4) is 0 Å². The molecule has 5 nitrogen and oxygen atoms in total. The Bertz CT molecular complexity index is 598. The Morgan fingerprint density at radius 3 is 2.41 bits per heavy atom. The van der Waals surface area contributed by atoms with Crippen molar-refractivity contribution in [1.82, 2.24) is 9.88 Å². The van der Waals surface area contributed by atoms with Gasteiger partial charge in [0.1, 0.15) is 5.82 Å². The summed E-state index contributed by atoms with van der Waals surface area (Å²) in [6.07, 6.45) is 3.42. The molecule has 0 aromatic carbocycles. The van der Waals surface area contributed by atoms with Crippen LogP contribution >= 0.6 is 0 Å². The number of aromatic nitrogens is 1. The molecule has 0 aliphatic rings. The number of hydrogen-bond acceptors (Lipinski definition) is 3. The van der Waals surface area contributed by atoms with E-state index in [4.69, 9.17) is 0 Å². The van der Waals surface area contributed by atoms with Crippen molar-refractivity contribution in [2.45, 2.75) is 27.7 Å². The lowest BCUT2D eigenvalue weighted by atomic mass is 9.90. The topological polar surface area (TPSA) is 62.3 Å². The van der Waals surface area contributed by atoms with Crippen LogP contribution in [0.5, 0.6) is 0 Å². The van der Waals surface area contributed by atoms with Gasteiger partial charge in [-0.25, -0.2) is 4.98 Å². The molecule has 1 N–H and O–H groups in total. The van der Waals surface area contributed by atoms with Crippen molar-refractivity contribution in [2.75, 3.05) is 12.4 Å². The van der Waals surface area contributed by atoms with Crippen LogP contribution in [0.2, 0.25) is 0 Å². The Balaban J connectivity index is 2.84. The molecule has 22 heavy (non-hydrogen) atoms. The van der Waals surface area contributed by atoms with Crippen LogP contribution in [-0.2, 0) is 9.59 Å². The van der Waals surface area contributed by atoms with Gasteiger partial charge in [-0.15, -0.1) is 0 Å². The quantitative estimate of drug-likeness (QED) is 0.528. The van der Waals surface area contributed by atoms with E-state index in [0.29, 0.717) is 5.82 Å². The molecule has 2 amide bonds. The highest BCUT2D eigenvalue weighted by Crippen LogP contribution is 2.28. The van der Waals surface area contributed by atoms with Crippen molar-refractivity contribution in [1.29, 1.82) is 0 Å². The normalized spacial score (nSPS) is 11.8. The lowest BCUT2D eigenvalue weighted by Crippen LogP contribution is -2.36. The first kappa shape index (κ1) is 17.6. The van der Waals surface area contributed by atoms with Gasteiger partial charge in [0, 0.05) is 24.4 Å². The molecule has 0 aliphatic carbocycles. The molecule has 5 heteroatoms. The first-order valence-electron chi connectivity index (χ1n) is 7.04. The Morgan fingerprint density at radius 1 is 1.32 bits per heavy atom. The standard InChI is InChI=1S/C17H23N3O2/c1-7-13(17(3,4)5)20(6)16(22)12(2)15(21)19-14-10-8-9-11-18-14/h7-11H,2H2,1,3-6H3,(H,18,19,21)/b13-7-. The molecular weight excluding hydrogens is 278 g/mol. The Morgan fingerprint density at radius 2 is 1.95 bits per heavy atom. The van der Waals surface area contributed by atoms with Gasteiger partial charge in [-0.1, -0.05) is 39.5 Å². The first-order valence-corrected chi connectivity index (χ1v) is 7.04. The number of nitrogens with one attached hydrogen (secondary N) is 1. The van der Waals surface area contributed by atoms with Crippen molar-refractivity contribution in [3.05, 3.63) is 48.3 Å². The average molecular weight is 301 g/mol. The van der Waals surface area contributed by atoms with Crippen molar-refractivity contribution in [3.63, 3.8) is 0 Å². The number of likely N-dealkylation sites (N-methyl/N-ethyl adjacent to an activating group) is 1. The zero-order chi connectivity index (χ0) is 16.9. The zero-order valence-electron chi connectivity index (χ0n) is 13.8. The second-order valence-electron chi connectivity index (χ2n) is 5.94. The molecule has 1 aromatic heterocycles. The number of pyridine rings is 1. The van der Waals surface area contributed by atoms with E-state index in [-0.39, 0.29) is 11.0 Å². The lowest BCUT2D eigenvalue weighted by Gasteiger charge is -2.31. The van der Waals surface area contributed by atoms with Crippen LogP contribution in [-0.4, -0.2) is 28.7 Å². The maximum atomic E-state index is 12.4. The Kier molecular flexibility index (Phi) is 5.63. The Hall–Kier alpha value is -2.43. The third-order valence-electron chi connectivity index (χ3n) is 3.15. The van der Waals surface area contributed by atoms with E-state index in [0.717, 1.165) is 5.70 Å². The summed E-state index contributed by atoms with van der Waals surface area (Å²) in [7, 11) is 1.64. The Labute approximate surface area is 131 Å². The van der Waals surface area contributed by atoms with Crippen molar-refractivity contribution in [2.24, 2.45) is 5.41 Å². The number of carbonyl (C=O) groups excluding carboxylic acids is 2. The minimum absolute atomic E-state index is 0.128. The molecule has 0 spiro atoms. The molecule has 0 radical (unpaired) electrons. The molecule has 1 rings (SSSR count). The molecule has 118 valence electrons. The van der Waals surface area contributed by atoms with Gasteiger partial charge in [-0.05, 0) is 19.1 Å². The summed E-state index contributed by atoms with van der Waals surface area (Å²) in [5, 5.41) is 2.56. The third kappa shape index (κ3) is 4.28. The third-order valence-corrected chi connectivity index (χ3v) is 3.15. The predicted octanol–water partition coefficient (Wildman–Crippen LogP) is 2.98. The molecule has 0 saturated heterocycles. The number of hydrogen-bond donors (Lipinski definition) is 1. The maximum Gasteiger partial charge on any atom is 0.262 e. The predicted molar refractivity (Wildman–Crippen MR) is 88.0 cm³/mol. The van der Waals surface area contributed by atoms with Crippen LogP contribution in [0, 0.1) is 5.41 Å². The number of rotatable bonds is 4. The molecular formula is C17H23N3O2. The fourth-order valence-electron chi connectivity index (χ4n) is 2.17. The number of amides is 2. The number of carbonyl (C=O) groups is 2. The molecule has 1 heterocycles. The zero-order valence-corrected chi connectivity index (χ0v) is 13.8. The van der Waals surface area contributed by atoms with Gasteiger partial charge in [-0.3, -0.25) is 9.59 Å². The average Bonchev–Trinajstić information content (AvgIpc) is 2.45. The summed E-state index contributed by atoms with van der Waals surface area (Å²) in [5.74, 6) is -0.609. The van der Waals surface area contributed by atoms with E-state index in [9.17, 15) is 9.59 Å². The number of allylic oxidation sites excluding steroid dienone is 2. The SMILES string of the molecule is C=C(C(=O)Nc1ccccn1)C(=O)N(C)/C(=C\C)C(C)(C)C. The fourth-order valence-corrected chi connectivity index (χ4v) is 2.17. The molecule has 0 fully saturated rings. The van der Waals surface area contributed by atoms with Crippen LogP contribution in [0.4, 0.5) is 5.82 Å². The first-order chi connectivity index (χ1) is 10.2. The fraction of sp³-hybridized carbons (Fsp3) is 0.353. The monoisotopic (exact) mass is 301 g/mol. The van der Waals surface area contributed by atoms with Gasteiger partial charge in [-0.2, -0.15) is 0 Å². The van der Waals surface area contributed by atoms with Gasteiger partial charge in [0.05, 0.1) is 5.57 Å². The highest BCUT2D eigenvalue weighted by Gasteiger charge is 2.27. The molecule has 0 atom stereocenters. The van der Waals surface area contributed by atoms with E-state index in [1.54, 1.807) is 31.4 Å². The minimum atomic E-state index is -0.556. The van der Waals surface area contributed by atoms with E-state index < -0.39 is 11.8 Å². The second kappa shape index (κ2) is 7.02. The molecule has 0 bridgehead atoms. The summed E-state index contributed by atoms with van der Waals surface area (Å²) in [6.45, 7) is 11.5. The second-order valence-corrected chi connectivity index (χ2v) is 5.94. The van der Waals surface area contributed by atoms with Gasteiger partial charge in [0.2, 0.25) is 0 Å².